The highest BCUT2D eigenvalue weighted by Crippen LogP contribution is 2.31. The summed E-state index contributed by atoms with van der Waals surface area (Å²) in [5, 5.41) is 7.39. The molecule has 0 bridgehead atoms. The van der Waals surface area contributed by atoms with Gasteiger partial charge in [0.1, 0.15) is 5.75 Å². The first kappa shape index (κ1) is 22.6. The van der Waals surface area contributed by atoms with E-state index in [-0.39, 0.29) is 12.0 Å². The lowest BCUT2D eigenvalue weighted by Gasteiger charge is -2.26. The molecule has 1 unspecified atom stereocenters. The molecule has 0 aliphatic carbocycles. The standard InChI is InChI=1S/C26H28N4O3S/c1-17-24-21(14-22(23-10-6-12-34-23)27-25(24)29(2)28-17)26(31)30(16-20-9-5-11-33-20)15-18-7-4-8-19(13-18)32-3/h4,6-8,10,12-14,20H,5,9,11,15-16H2,1-3H3. The van der Waals surface area contributed by atoms with Crippen LogP contribution in [0, 0.1) is 6.92 Å². The second-order valence-electron chi connectivity index (χ2n) is 8.61. The summed E-state index contributed by atoms with van der Waals surface area (Å²) in [4.78, 5) is 21.9. The van der Waals surface area contributed by atoms with Crippen LogP contribution < -0.4 is 4.74 Å². The van der Waals surface area contributed by atoms with Crippen molar-refractivity contribution in [2.45, 2.75) is 32.4 Å². The Morgan fingerprint density at radius 2 is 2.18 bits per heavy atom. The fourth-order valence-electron chi connectivity index (χ4n) is 4.58. The first-order valence-electron chi connectivity index (χ1n) is 11.5. The molecule has 8 heteroatoms. The predicted octanol–water partition coefficient (Wildman–Crippen LogP) is 4.84. The third-order valence-electron chi connectivity index (χ3n) is 6.22. The number of fused-ring (bicyclic) bond motifs is 1. The van der Waals surface area contributed by atoms with Crippen molar-refractivity contribution in [1.82, 2.24) is 19.7 Å². The van der Waals surface area contributed by atoms with Gasteiger partial charge in [0.2, 0.25) is 0 Å². The first-order valence-corrected chi connectivity index (χ1v) is 12.3. The molecular weight excluding hydrogens is 448 g/mol. The minimum absolute atomic E-state index is 0.0404. The van der Waals surface area contributed by atoms with Crippen molar-refractivity contribution >= 4 is 28.3 Å². The lowest BCUT2D eigenvalue weighted by molar-refractivity contribution is 0.0508. The van der Waals surface area contributed by atoms with Crippen LogP contribution in [0.1, 0.15) is 34.5 Å². The summed E-state index contributed by atoms with van der Waals surface area (Å²) in [6.45, 7) is 3.68. The minimum Gasteiger partial charge on any atom is -0.497 e. The van der Waals surface area contributed by atoms with E-state index < -0.39 is 0 Å². The van der Waals surface area contributed by atoms with Crippen LogP contribution >= 0.6 is 11.3 Å². The number of carbonyl (C=O) groups excluding carboxylic acids is 1. The normalized spacial score (nSPS) is 15.7. The fraction of sp³-hybridized carbons (Fsp3) is 0.346. The van der Waals surface area contributed by atoms with Gasteiger partial charge >= 0.3 is 0 Å². The van der Waals surface area contributed by atoms with E-state index in [1.54, 1.807) is 23.1 Å². The number of rotatable bonds is 7. The molecule has 1 atom stereocenters. The highest BCUT2D eigenvalue weighted by molar-refractivity contribution is 7.13. The molecule has 4 heterocycles. The number of aromatic nitrogens is 3. The maximum Gasteiger partial charge on any atom is 0.255 e. The molecule has 0 spiro atoms. The summed E-state index contributed by atoms with van der Waals surface area (Å²) in [5.41, 5.74) is 3.93. The molecule has 34 heavy (non-hydrogen) atoms. The van der Waals surface area contributed by atoms with Gasteiger partial charge in [-0.05, 0) is 55.0 Å². The Kier molecular flexibility index (Phi) is 6.34. The van der Waals surface area contributed by atoms with Crippen molar-refractivity contribution < 1.29 is 14.3 Å². The van der Waals surface area contributed by atoms with Gasteiger partial charge in [0, 0.05) is 26.7 Å². The van der Waals surface area contributed by atoms with E-state index in [0.717, 1.165) is 52.4 Å². The molecule has 1 aliphatic heterocycles. The Balaban J connectivity index is 1.58. The van der Waals surface area contributed by atoms with Gasteiger partial charge in [-0.3, -0.25) is 9.48 Å². The quantitative estimate of drug-likeness (QED) is 0.382. The third kappa shape index (κ3) is 4.43. The molecule has 1 fully saturated rings. The summed E-state index contributed by atoms with van der Waals surface area (Å²) in [6, 6.07) is 13.8. The van der Waals surface area contributed by atoms with Gasteiger partial charge in [0.15, 0.2) is 5.65 Å². The van der Waals surface area contributed by atoms with Crippen molar-refractivity contribution in [3.05, 3.63) is 64.7 Å². The fourth-order valence-corrected chi connectivity index (χ4v) is 5.27. The number of carbonyl (C=O) groups is 1. The molecule has 3 aromatic heterocycles. The lowest BCUT2D eigenvalue weighted by Crippen LogP contribution is -2.37. The number of ether oxygens (including phenoxy) is 2. The molecule has 1 aliphatic rings. The molecule has 1 saturated heterocycles. The van der Waals surface area contributed by atoms with E-state index in [1.807, 2.05) is 66.7 Å². The number of amides is 1. The van der Waals surface area contributed by atoms with Gasteiger partial charge in [-0.2, -0.15) is 5.10 Å². The summed E-state index contributed by atoms with van der Waals surface area (Å²) < 4.78 is 13.1. The molecule has 0 N–H and O–H groups in total. The highest BCUT2D eigenvalue weighted by Gasteiger charge is 2.27. The van der Waals surface area contributed by atoms with E-state index in [2.05, 4.69) is 5.10 Å². The molecule has 176 valence electrons. The first-order chi connectivity index (χ1) is 16.5. The molecular formula is C26H28N4O3S. The van der Waals surface area contributed by atoms with E-state index in [0.29, 0.717) is 24.3 Å². The van der Waals surface area contributed by atoms with Gasteiger partial charge in [-0.1, -0.05) is 18.2 Å². The van der Waals surface area contributed by atoms with Crippen LogP contribution in [0.4, 0.5) is 0 Å². The van der Waals surface area contributed by atoms with Crippen LogP contribution in [0.15, 0.2) is 47.8 Å². The predicted molar refractivity (Wildman–Crippen MR) is 133 cm³/mol. The Labute approximate surface area is 202 Å². The Morgan fingerprint density at radius 3 is 2.91 bits per heavy atom. The lowest BCUT2D eigenvalue weighted by atomic mass is 10.1. The number of nitrogens with zero attached hydrogens (tertiary/aromatic N) is 4. The third-order valence-corrected chi connectivity index (χ3v) is 7.11. The average Bonchev–Trinajstić information content (AvgIpc) is 3.61. The van der Waals surface area contributed by atoms with Gasteiger partial charge in [0.25, 0.3) is 5.91 Å². The molecule has 0 saturated carbocycles. The van der Waals surface area contributed by atoms with Crippen molar-refractivity contribution in [3.8, 4) is 16.3 Å². The number of benzene rings is 1. The second kappa shape index (κ2) is 9.56. The Morgan fingerprint density at radius 1 is 1.29 bits per heavy atom. The van der Waals surface area contributed by atoms with Crippen molar-refractivity contribution in [3.63, 3.8) is 0 Å². The van der Waals surface area contributed by atoms with Crippen molar-refractivity contribution in [2.24, 2.45) is 7.05 Å². The zero-order valence-corrected chi connectivity index (χ0v) is 20.5. The maximum absolute atomic E-state index is 14.2. The molecule has 7 nitrogen and oxygen atoms in total. The van der Waals surface area contributed by atoms with Gasteiger partial charge in [0.05, 0.1) is 40.4 Å². The highest BCUT2D eigenvalue weighted by atomic mass is 32.1. The zero-order chi connectivity index (χ0) is 23.7. The second-order valence-corrected chi connectivity index (χ2v) is 9.56. The summed E-state index contributed by atoms with van der Waals surface area (Å²) in [6.07, 6.45) is 2.02. The molecule has 1 amide bonds. The summed E-state index contributed by atoms with van der Waals surface area (Å²) >= 11 is 1.61. The largest absolute Gasteiger partial charge is 0.497 e. The van der Waals surface area contributed by atoms with Crippen LogP contribution in [-0.4, -0.2) is 51.9 Å². The van der Waals surface area contributed by atoms with E-state index in [4.69, 9.17) is 14.5 Å². The van der Waals surface area contributed by atoms with Gasteiger partial charge < -0.3 is 14.4 Å². The number of aryl methyl sites for hydroxylation is 2. The molecule has 1 aromatic carbocycles. The van der Waals surface area contributed by atoms with Crippen LogP contribution in [0.3, 0.4) is 0 Å². The smallest absolute Gasteiger partial charge is 0.255 e. The summed E-state index contributed by atoms with van der Waals surface area (Å²) in [7, 11) is 3.52. The monoisotopic (exact) mass is 476 g/mol. The number of pyridine rings is 1. The maximum atomic E-state index is 14.2. The average molecular weight is 477 g/mol. The number of hydrogen-bond donors (Lipinski definition) is 0. The number of methoxy groups -OCH3 is 1. The van der Waals surface area contributed by atoms with E-state index >= 15 is 0 Å². The molecule has 5 rings (SSSR count). The van der Waals surface area contributed by atoms with Crippen molar-refractivity contribution in [1.29, 1.82) is 0 Å². The zero-order valence-electron chi connectivity index (χ0n) is 19.7. The SMILES string of the molecule is COc1cccc(CN(CC2CCCO2)C(=O)c2cc(-c3cccs3)nc3c2c(C)nn3C)c1. The summed E-state index contributed by atoms with van der Waals surface area (Å²) in [5.74, 6) is 0.732. The van der Waals surface area contributed by atoms with Crippen LogP contribution in [-0.2, 0) is 18.3 Å². The number of thiophene rings is 1. The topological polar surface area (TPSA) is 69.5 Å². The van der Waals surface area contributed by atoms with Gasteiger partial charge in [-0.25, -0.2) is 4.98 Å². The Hall–Kier alpha value is -3.23. The number of hydrogen-bond acceptors (Lipinski definition) is 6. The van der Waals surface area contributed by atoms with Crippen LogP contribution in [0.2, 0.25) is 0 Å². The minimum atomic E-state index is -0.0420. The molecule has 4 aromatic rings. The van der Waals surface area contributed by atoms with Crippen LogP contribution in [0.25, 0.3) is 21.6 Å². The van der Waals surface area contributed by atoms with Crippen molar-refractivity contribution in [2.75, 3.05) is 20.3 Å². The Bertz CT molecular complexity index is 1310. The van der Waals surface area contributed by atoms with Crippen LogP contribution in [0.5, 0.6) is 5.75 Å². The van der Waals surface area contributed by atoms with E-state index in [9.17, 15) is 4.79 Å². The van der Waals surface area contributed by atoms with Gasteiger partial charge in [-0.15, -0.1) is 11.3 Å². The molecule has 0 radical (unpaired) electrons. The van der Waals surface area contributed by atoms with E-state index in [1.165, 1.54) is 0 Å².